The van der Waals surface area contributed by atoms with Crippen LogP contribution in [0.5, 0.6) is 5.75 Å². The predicted molar refractivity (Wildman–Crippen MR) is 73.3 cm³/mol. The minimum Gasteiger partial charge on any atom is -0.488 e. The normalized spacial score (nSPS) is 24.4. The monoisotopic (exact) mass is 274 g/mol. The third-order valence-corrected chi connectivity index (χ3v) is 3.93. The highest BCUT2D eigenvalue weighted by Gasteiger charge is 2.32. The zero-order valence-corrected chi connectivity index (χ0v) is 11.5. The van der Waals surface area contributed by atoms with Gasteiger partial charge in [0.1, 0.15) is 11.9 Å². The van der Waals surface area contributed by atoms with E-state index < -0.39 is 0 Å². The molecule has 2 amide bonds. The number of ether oxygens (including phenoxy) is 1. The second-order valence-electron chi connectivity index (χ2n) is 5.47. The number of benzene rings is 1. The number of carbonyl (C=O) groups is 2. The van der Waals surface area contributed by atoms with Crippen molar-refractivity contribution in [3.05, 3.63) is 29.8 Å². The lowest BCUT2D eigenvalue weighted by Gasteiger charge is -2.14. The molecule has 1 N–H and O–H groups in total. The molecule has 5 heteroatoms. The highest BCUT2D eigenvalue weighted by Crippen LogP contribution is 2.27. The molecule has 0 unspecified atom stereocenters. The molecule has 2 heterocycles. The number of fused-ring (bicyclic) bond motifs is 1. The van der Waals surface area contributed by atoms with E-state index in [1.54, 1.807) is 11.9 Å². The van der Waals surface area contributed by atoms with Crippen molar-refractivity contribution in [1.29, 1.82) is 0 Å². The first kappa shape index (κ1) is 13.0. The van der Waals surface area contributed by atoms with Gasteiger partial charge in [-0.15, -0.1) is 0 Å². The minimum absolute atomic E-state index is 0.00816. The predicted octanol–water partition coefficient (Wildman–Crippen LogP) is 0.585. The van der Waals surface area contributed by atoms with Gasteiger partial charge in [-0.25, -0.2) is 0 Å². The Morgan fingerprint density at radius 2 is 2.20 bits per heavy atom. The molecule has 1 saturated heterocycles. The van der Waals surface area contributed by atoms with Gasteiger partial charge in [0.2, 0.25) is 11.8 Å². The van der Waals surface area contributed by atoms with Crippen LogP contribution in [0.15, 0.2) is 24.3 Å². The molecular weight excluding hydrogens is 256 g/mol. The number of carbonyl (C=O) groups excluding carboxylic acids is 2. The van der Waals surface area contributed by atoms with Crippen molar-refractivity contribution < 1.29 is 14.3 Å². The topological polar surface area (TPSA) is 58.6 Å². The van der Waals surface area contributed by atoms with Gasteiger partial charge in [-0.3, -0.25) is 9.59 Å². The highest BCUT2D eigenvalue weighted by molar-refractivity contribution is 5.89. The van der Waals surface area contributed by atoms with Crippen molar-refractivity contribution in [3.8, 4) is 5.75 Å². The zero-order valence-electron chi connectivity index (χ0n) is 11.5. The molecule has 1 aromatic rings. The lowest BCUT2D eigenvalue weighted by Crippen LogP contribution is -2.38. The van der Waals surface area contributed by atoms with E-state index in [0.29, 0.717) is 19.5 Å². The van der Waals surface area contributed by atoms with Crippen molar-refractivity contribution in [2.45, 2.75) is 18.9 Å². The van der Waals surface area contributed by atoms with E-state index in [-0.39, 0.29) is 23.8 Å². The Hall–Kier alpha value is -2.04. The van der Waals surface area contributed by atoms with Crippen LogP contribution in [0.25, 0.3) is 0 Å². The van der Waals surface area contributed by atoms with Crippen molar-refractivity contribution in [2.24, 2.45) is 5.92 Å². The van der Waals surface area contributed by atoms with Crippen molar-refractivity contribution >= 4 is 11.8 Å². The average Bonchev–Trinajstić information content (AvgIpc) is 3.00. The molecule has 0 aromatic heterocycles. The van der Waals surface area contributed by atoms with E-state index in [1.807, 2.05) is 24.3 Å². The molecular formula is C15H18N2O3. The fourth-order valence-electron chi connectivity index (χ4n) is 2.77. The van der Waals surface area contributed by atoms with Gasteiger partial charge in [0.15, 0.2) is 0 Å². The van der Waals surface area contributed by atoms with Gasteiger partial charge in [-0.2, -0.15) is 0 Å². The van der Waals surface area contributed by atoms with Gasteiger partial charge in [-0.1, -0.05) is 18.2 Å². The van der Waals surface area contributed by atoms with Crippen LogP contribution in [0.4, 0.5) is 0 Å². The fourth-order valence-corrected chi connectivity index (χ4v) is 2.77. The number of nitrogens with one attached hydrogen (secondary N) is 1. The Bertz CT molecular complexity index is 519. The molecule has 0 bridgehead atoms. The molecule has 2 aliphatic heterocycles. The number of para-hydroxylation sites is 1. The molecule has 1 aromatic carbocycles. The van der Waals surface area contributed by atoms with Gasteiger partial charge in [0, 0.05) is 26.4 Å². The summed E-state index contributed by atoms with van der Waals surface area (Å²) in [5, 5.41) is 2.90. The maximum absolute atomic E-state index is 12.0. The molecule has 106 valence electrons. The van der Waals surface area contributed by atoms with E-state index in [0.717, 1.165) is 12.2 Å². The number of hydrogen-bond acceptors (Lipinski definition) is 3. The van der Waals surface area contributed by atoms with Crippen LogP contribution in [0.1, 0.15) is 12.0 Å². The fraction of sp³-hybridized carbons (Fsp3) is 0.467. The Morgan fingerprint density at radius 3 is 2.90 bits per heavy atom. The van der Waals surface area contributed by atoms with Gasteiger partial charge in [0.25, 0.3) is 0 Å². The molecule has 0 aliphatic carbocycles. The molecule has 3 rings (SSSR count). The van der Waals surface area contributed by atoms with Crippen LogP contribution >= 0.6 is 0 Å². The van der Waals surface area contributed by atoms with E-state index in [2.05, 4.69) is 5.32 Å². The van der Waals surface area contributed by atoms with Gasteiger partial charge in [0.05, 0.1) is 12.5 Å². The van der Waals surface area contributed by atoms with Crippen LogP contribution in [-0.2, 0) is 16.0 Å². The number of likely N-dealkylation sites (tertiary alicyclic amines) is 1. The van der Waals surface area contributed by atoms with E-state index in [1.165, 1.54) is 5.56 Å². The molecule has 5 nitrogen and oxygen atoms in total. The summed E-state index contributed by atoms with van der Waals surface area (Å²) >= 11 is 0. The first-order valence-corrected chi connectivity index (χ1v) is 6.89. The van der Waals surface area contributed by atoms with Crippen molar-refractivity contribution in [3.63, 3.8) is 0 Å². The summed E-state index contributed by atoms with van der Waals surface area (Å²) in [6.07, 6.45) is 1.12. The van der Waals surface area contributed by atoms with Gasteiger partial charge in [-0.05, 0) is 11.6 Å². The average molecular weight is 274 g/mol. The SMILES string of the molecule is CN1C[C@H](C(=O)NC[C@@H]2Cc3ccccc3O2)CC1=O. The Balaban J connectivity index is 1.49. The molecule has 0 spiro atoms. The minimum atomic E-state index is -0.226. The zero-order chi connectivity index (χ0) is 14.1. The van der Waals surface area contributed by atoms with E-state index in [4.69, 9.17) is 4.74 Å². The Labute approximate surface area is 117 Å². The van der Waals surface area contributed by atoms with Crippen molar-refractivity contribution in [1.82, 2.24) is 10.2 Å². The molecule has 2 aliphatic rings. The number of amides is 2. The lowest BCUT2D eigenvalue weighted by molar-refractivity contribution is -0.128. The standard InChI is InChI=1S/C15H18N2O3/c1-17-9-11(7-14(17)18)15(19)16-8-12-6-10-4-2-3-5-13(10)20-12/h2-5,11-12H,6-9H2,1H3,(H,16,19)/t11-,12+/m1/s1. The van der Waals surface area contributed by atoms with Gasteiger partial charge >= 0.3 is 0 Å². The van der Waals surface area contributed by atoms with Crippen LogP contribution in [0.2, 0.25) is 0 Å². The summed E-state index contributed by atoms with van der Waals surface area (Å²) in [4.78, 5) is 25.0. The Morgan fingerprint density at radius 1 is 1.40 bits per heavy atom. The molecule has 1 fully saturated rings. The van der Waals surface area contributed by atoms with Crippen LogP contribution in [-0.4, -0.2) is 43.0 Å². The van der Waals surface area contributed by atoms with Crippen LogP contribution in [0.3, 0.4) is 0 Å². The molecule has 0 saturated carbocycles. The number of hydrogen-bond donors (Lipinski definition) is 1. The van der Waals surface area contributed by atoms with Crippen LogP contribution < -0.4 is 10.1 Å². The summed E-state index contributed by atoms with van der Waals surface area (Å²) in [5.74, 6) is 0.663. The Kier molecular flexibility index (Phi) is 3.34. The van der Waals surface area contributed by atoms with Crippen LogP contribution in [0, 0.1) is 5.92 Å². The smallest absolute Gasteiger partial charge is 0.225 e. The largest absolute Gasteiger partial charge is 0.488 e. The summed E-state index contributed by atoms with van der Waals surface area (Å²) in [7, 11) is 1.73. The third kappa shape index (κ3) is 2.48. The number of rotatable bonds is 3. The van der Waals surface area contributed by atoms with E-state index >= 15 is 0 Å². The molecule has 20 heavy (non-hydrogen) atoms. The highest BCUT2D eigenvalue weighted by atomic mass is 16.5. The maximum atomic E-state index is 12.0. The number of nitrogens with zero attached hydrogens (tertiary/aromatic N) is 1. The molecule has 2 atom stereocenters. The second-order valence-corrected chi connectivity index (χ2v) is 5.47. The van der Waals surface area contributed by atoms with Crippen molar-refractivity contribution in [2.75, 3.05) is 20.1 Å². The summed E-state index contributed by atoms with van der Waals surface area (Å²) < 4.78 is 5.77. The summed E-state index contributed by atoms with van der Waals surface area (Å²) in [6, 6.07) is 7.92. The summed E-state index contributed by atoms with van der Waals surface area (Å²) in [6.45, 7) is 0.998. The maximum Gasteiger partial charge on any atom is 0.225 e. The molecule has 0 radical (unpaired) electrons. The second kappa shape index (κ2) is 5.15. The first-order chi connectivity index (χ1) is 9.63. The summed E-state index contributed by atoms with van der Waals surface area (Å²) in [5.41, 5.74) is 1.18. The lowest BCUT2D eigenvalue weighted by atomic mass is 10.1. The van der Waals surface area contributed by atoms with E-state index in [9.17, 15) is 9.59 Å². The quantitative estimate of drug-likeness (QED) is 0.877. The first-order valence-electron chi connectivity index (χ1n) is 6.89. The van der Waals surface area contributed by atoms with Gasteiger partial charge < -0.3 is 15.0 Å². The third-order valence-electron chi connectivity index (χ3n) is 3.93.